The van der Waals surface area contributed by atoms with Crippen molar-refractivity contribution in [3.63, 3.8) is 0 Å². The van der Waals surface area contributed by atoms with Gasteiger partial charge in [0.15, 0.2) is 0 Å². The zero-order valence-corrected chi connectivity index (χ0v) is 16.7. The molecule has 1 aliphatic rings. The summed E-state index contributed by atoms with van der Waals surface area (Å²) >= 11 is 3.46. The number of benzene rings is 2. The Hall–Kier alpha value is -1.41. The van der Waals surface area contributed by atoms with Crippen molar-refractivity contribution in [1.82, 2.24) is 4.31 Å². The van der Waals surface area contributed by atoms with Crippen LogP contribution in [0, 0.1) is 0 Å². The summed E-state index contributed by atoms with van der Waals surface area (Å²) in [7, 11) is -3.52. The first-order chi connectivity index (χ1) is 12.5. The molecule has 0 radical (unpaired) electrons. The molecule has 1 saturated heterocycles. The van der Waals surface area contributed by atoms with E-state index in [1.165, 1.54) is 4.31 Å². The third-order valence-corrected chi connectivity index (χ3v) is 7.02. The van der Waals surface area contributed by atoms with Gasteiger partial charge in [-0.05, 0) is 46.5 Å². The molecule has 2 aromatic rings. The predicted molar refractivity (Wildman–Crippen MR) is 105 cm³/mol. The molecule has 5 nitrogen and oxygen atoms in total. The van der Waals surface area contributed by atoms with E-state index >= 15 is 0 Å². The molecule has 1 fully saturated rings. The van der Waals surface area contributed by atoms with E-state index in [1.54, 1.807) is 24.3 Å². The van der Waals surface area contributed by atoms with Gasteiger partial charge in [-0.1, -0.05) is 42.5 Å². The molecule has 0 bridgehead atoms. The Labute approximate surface area is 162 Å². The van der Waals surface area contributed by atoms with E-state index < -0.39 is 16.1 Å². The number of sulfonamides is 1. The van der Waals surface area contributed by atoms with Crippen LogP contribution in [0.3, 0.4) is 0 Å². The van der Waals surface area contributed by atoms with Gasteiger partial charge in [-0.3, -0.25) is 0 Å². The van der Waals surface area contributed by atoms with Crippen LogP contribution in [0.25, 0.3) is 0 Å². The molecule has 0 aliphatic carbocycles. The van der Waals surface area contributed by atoms with Crippen LogP contribution in [0.1, 0.15) is 24.5 Å². The number of piperidine rings is 1. The number of para-hydroxylation sites is 1. The van der Waals surface area contributed by atoms with Crippen LogP contribution in [0.5, 0.6) is 5.75 Å². The highest BCUT2D eigenvalue weighted by molar-refractivity contribution is 9.10. The van der Waals surface area contributed by atoms with Crippen LogP contribution in [-0.4, -0.2) is 42.8 Å². The molecule has 3 rings (SSSR count). The van der Waals surface area contributed by atoms with Crippen molar-refractivity contribution in [3.05, 3.63) is 64.6 Å². The summed E-state index contributed by atoms with van der Waals surface area (Å²) in [6.45, 7) is 0.803. The molecule has 1 N–H and O–H groups in total. The molecule has 1 heterocycles. The normalized spacial score (nSPS) is 17.8. The van der Waals surface area contributed by atoms with Gasteiger partial charge >= 0.3 is 0 Å². The summed E-state index contributed by atoms with van der Waals surface area (Å²) in [6, 6.07) is 16.5. The lowest BCUT2D eigenvalue weighted by molar-refractivity contribution is 0.133. The number of hydrogen-bond donors (Lipinski definition) is 1. The molecule has 0 amide bonds. The number of aliphatic hydroxyl groups excluding tert-OH is 1. The Balaban J connectivity index is 1.56. The number of hydrogen-bond acceptors (Lipinski definition) is 4. The maximum atomic E-state index is 12.6. The third kappa shape index (κ3) is 4.85. The van der Waals surface area contributed by atoms with Crippen molar-refractivity contribution in [2.45, 2.75) is 25.0 Å². The SMILES string of the molecule is O=S(=O)(CC(O)c1ccccc1)N1CCC(Oc2ccccc2Br)CC1. The molecule has 0 saturated carbocycles. The Morgan fingerprint density at radius 2 is 1.69 bits per heavy atom. The summed E-state index contributed by atoms with van der Waals surface area (Å²) in [4.78, 5) is 0. The van der Waals surface area contributed by atoms with Crippen LogP contribution >= 0.6 is 15.9 Å². The molecule has 140 valence electrons. The number of rotatable bonds is 6. The summed E-state index contributed by atoms with van der Waals surface area (Å²) in [5.41, 5.74) is 0.614. The summed E-state index contributed by atoms with van der Waals surface area (Å²) in [5, 5.41) is 10.2. The number of ether oxygens (including phenoxy) is 1. The fraction of sp³-hybridized carbons (Fsp3) is 0.368. The first-order valence-corrected chi connectivity index (χ1v) is 11.0. The minimum Gasteiger partial charge on any atom is -0.489 e. The second-order valence-electron chi connectivity index (χ2n) is 6.35. The van der Waals surface area contributed by atoms with Crippen molar-refractivity contribution in [1.29, 1.82) is 0 Å². The Morgan fingerprint density at radius 1 is 1.08 bits per heavy atom. The Kier molecular flexibility index (Phi) is 6.34. The average molecular weight is 440 g/mol. The van der Waals surface area contributed by atoms with Crippen molar-refractivity contribution < 1.29 is 18.3 Å². The van der Waals surface area contributed by atoms with E-state index in [2.05, 4.69) is 15.9 Å². The molecular weight excluding hydrogens is 418 g/mol. The standard InChI is InChI=1S/C19H22BrNO4S/c20-17-8-4-5-9-19(17)25-16-10-12-21(13-11-16)26(23,24)14-18(22)15-6-2-1-3-7-15/h1-9,16,18,22H,10-14H2. The molecule has 0 spiro atoms. The smallest absolute Gasteiger partial charge is 0.217 e. The first-order valence-electron chi connectivity index (χ1n) is 8.58. The molecule has 1 atom stereocenters. The minimum atomic E-state index is -3.52. The van der Waals surface area contributed by atoms with Crippen molar-refractivity contribution in [3.8, 4) is 5.75 Å². The van der Waals surface area contributed by atoms with Crippen LogP contribution in [0.15, 0.2) is 59.1 Å². The van der Waals surface area contributed by atoms with E-state index in [0.29, 0.717) is 31.5 Å². The van der Waals surface area contributed by atoms with Crippen LogP contribution in [-0.2, 0) is 10.0 Å². The molecule has 1 unspecified atom stereocenters. The highest BCUT2D eigenvalue weighted by Gasteiger charge is 2.31. The fourth-order valence-electron chi connectivity index (χ4n) is 3.02. The van der Waals surface area contributed by atoms with Gasteiger partial charge in [0.05, 0.1) is 16.3 Å². The van der Waals surface area contributed by atoms with Gasteiger partial charge in [-0.25, -0.2) is 12.7 Å². The Morgan fingerprint density at radius 3 is 2.35 bits per heavy atom. The van der Waals surface area contributed by atoms with Gasteiger partial charge in [0.1, 0.15) is 11.9 Å². The molecule has 7 heteroatoms. The van der Waals surface area contributed by atoms with E-state index in [9.17, 15) is 13.5 Å². The highest BCUT2D eigenvalue weighted by atomic mass is 79.9. The van der Waals surface area contributed by atoms with Crippen LogP contribution < -0.4 is 4.74 Å². The number of nitrogens with zero attached hydrogens (tertiary/aromatic N) is 1. The second kappa shape index (κ2) is 8.52. The molecule has 2 aromatic carbocycles. The van der Waals surface area contributed by atoms with E-state index in [4.69, 9.17) is 4.74 Å². The predicted octanol–water partition coefficient (Wildman–Crippen LogP) is 3.36. The van der Waals surface area contributed by atoms with Gasteiger partial charge in [-0.15, -0.1) is 0 Å². The van der Waals surface area contributed by atoms with Crippen molar-refractivity contribution in [2.75, 3.05) is 18.8 Å². The summed E-state index contributed by atoms with van der Waals surface area (Å²) in [5.74, 6) is 0.473. The number of aliphatic hydroxyl groups is 1. The van der Waals surface area contributed by atoms with Gasteiger partial charge in [-0.2, -0.15) is 0 Å². The Bertz CT molecular complexity index is 820. The van der Waals surface area contributed by atoms with Crippen LogP contribution in [0.2, 0.25) is 0 Å². The maximum Gasteiger partial charge on any atom is 0.217 e. The molecule has 1 aliphatic heterocycles. The topological polar surface area (TPSA) is 66.8 Å². The first kappa shape index (κ1) is 19.4. The van der Waals surface area contributed by atoms with E-state index in [-0.39, 0.29) is 11.9 Å². The van der Waals surface area contributed by atoms with E-state index in [0.717, 1.165) is 10.2 Å². The van der Waals surface area contributed by atoms with Crippen molar-refractivity contribution in [2.24, 2.45) is 0 Å². The molecule has 0 aromatic heterocycles. The fourth-order valence-corrected chi connectivity index (χ4v) is 4.97. The van der Waals surface area contributed by atoms with Crippen LogP contribution in [0.4, 0.5) is 0 Å². The quantitative estimate of drug-likeness (QED) is 0.748. The zero-order valence-electron chi connectivity index (χ0n) is 14.3. The maximum absolute atomic E-state index is 12.6. The third-order valence-electron chi connectivity index (χ3n) is 4.48. The minimum absolute atomic E-state index is 0.0146. The molecular formula is C19H22BrNO4S. The van der Waals surface area contributed by atoms with Gasteiger partial charge in [0, 0.05) is 13.1 Å². The van der Waals surface area contributed by atoms with Gasteiger partial charge in [0.25, 0.3) is 0 Å². The highest BCUT2D eigenvalue weighted by Crippen LogP contribution is 2.28. The second-order valence-corrected chi connectivity index (χ2v) is 9.22. The van der Waals surface area contributed by atoms with Gasteiger partial charge in [0.2, 0.25) is 10.0 Å². The van der Waals surface area contributed by atoms with Crippen molar-refractivity contribution >= 4 is 26.0 Å². The average Bonchev–Trinajstić information content (AvgIpc) is 2.64. The zero-order chi connectivity index (χ0) is 18.6. The lowest BCUT2D eigenvalue weighted by Gasteiger charge is -2.32. The van der Waals surface area contributed by atoms with Gasteiger partial charge < -0.3 is 9.84 Å². The van der Waals surface area contributed by atoms with E-state index in [1.807, 2.05) is 30.3 Å². The largest absolute Gasteiger partial charge is 0.489 e. The number of halogens is 1. The lowest BCUT2D eigenvalue weighted by atomic mass is 10.1. The summed E-state index contributed by atoms with van der Waals surface area (Å²) < 4.78 is 33.5. The lowest BCUT2D eigenvalue weighted by Crippen LogP contribution is -2.43. The summed E-state index contributed by atoms with van der Waals surface area (Å²) in [6.07, 6.45) is 0.221. The monoisotopic (exact) mass is 439 g/mol. The molecule has 26 heavy (non-hydrogen) atoms.